The molecule has 1 fully saturated rings. The zero-order valence-corrected chi connectivity index (χ0v) is 20.2. The van der Waals surface area contributed by atoms with Crippen LogP contribution in [0.3, 0.4) is 0 Å². The fourth-order valence-corrected chi connectivity index (χ4v) is 3.57. The first-order chi connectivity index (χ1) is 13.2. The smallest absolute Gasteiger partial charge is 0.191 e. The van der Waals surface area contributed by atoms with Gasteiger partial charge >= 0.3 is 0 Å². The van der Waals surface area contributed by atoms with Gasteiger partial charge in [-0.3, -0.25) is 9.89 Å². The zero-order chi connectivity index (χ0) is 19.3. The number of likely N-dealkylation sites (tertiary alicyclic amines) is 1. The average Bonchev–Trinajstić information content (AvgIpc) is 2.67. The maximum absolute atomic E-state index is 5.39. The van der Waals surface area contributed by atoms with E-state index in [2.05, 4.69) is 59.7 Å². The average molecular weight is 502 g/mol. The molecule has 2 atom stereocenters. The zero-order valence-electron chi connectivity index (χ0n) is 17.8. The van der Waals surface area contributed by atoms with Crippen molar-refractivity contribution in [2.24, 2.45) is 4.99 Å². The molecule has 6 heteroatoms. The number of ether oxygens (including phenoxy) is 1. The molecule has 0 amide bonds. The molecule has 28 heavy (non-hydrogen) atoms. The van der Waals surface area contributed by atoms with Crippen LogP contribution in [-0.4, -0.2) is 55.8 Å². The van der Waals surface area contributed by atoms with Crippen molar-refractivity contribution < 1.29 is 4.74 Å². The van der Waals surface area contributed by atoms with E-state index in [0.29, 0.717) is 12.1 Å². The maximum Gasteiger partial charge on any atom is 0.191 e. The normalized spacial score (nSPS) is 20.5. The first-order valence-corrected chi connectivity index (χ1v) is 10.6. The number of hydrogen-bond donors (Lipinski definition) is 2. The van der Waals surface area contributed by atoms with Crippen molar-refractivity contribution in [1.82, 2.24) is 15.5 Å². The predicted molar refractivity (Wildman–Crippen MR) is 130 cm³/mol. The Bertz CT molecular complexity index is 541. The van der Waals surface area contributed by atoms with Crippen LogP contribution < -0.4 is 10.6 Å². The van der Waals surface area contributed by atoms with Gasteiger partial charge in [-0.25, -0.2) is 0 Å². The summed E-state index contributed by atoms with van der Waals surface area (Å²) in [4.78, 5) is 7.33. The summed E-state index contributed by atoms with van der Waals surface area (Å²) >= 11 is 0. The van der Waals surface area contributed by atoms with Gasteiger partial charge in [0.1, 0.15) is 0 Å². The number of guanidine groups is 1. The summed E-state index contributed by atoms with van der Waals surface area (Å²) in [5, 5.41) is 7.05. The second-order valence-electron chi connectivity index (χ2n) is 7.34. The van der Waals surface area contributed by atoms with Crippen molar-refractivity contribution in [2.75, 3.05) is 32.8 Å². The number of rotatable bonds is 10. The van der Waals surface area contributed by atoms with E-state index in [1.54, 1.807) is 0 Å². The third-order valence-electron chi connectivity index (χ3n) is 5.10. The van der Waals surface area contributed by atoms with Crippen LogP contribution in [0.15, 0.2) is 35.3 Å². The summed E-state index contributed by atoms with van der Waals surface area (Å²) in [5.41, 5.74) is 1.40. The van der Waals surface area contributed by atoms with Crippen LogP contribution in [0, 0.1) is 0 Å². The van der Waals surface area contributed by atoms with Gasteiger partial charge in [-0.1, -0.05) is 30.3 Å². The fourth-order valence-electron chi connectivity index (χ4n) is 3.57. The number of benzene rings is 1. The van der Waals surface area contributed by atoms with Crippen LogP contribution >= 0.6 is 24.0 Å². The standard InChI is InChI=1S/C22H38N4O.HI/c1-4-23-22(24-14-9-10-16-27-5-2)25-21-13-15-26(19(3)17-21)18-20-11-7-6-8-12-20;/h6-8,11-12,19,21H,4-5,9-10,13-18H2,1-3H3,(H2,23,24,25);1H. The van der Waals surface area contributed by atoms with Crippen molar-refractivity contribution >= 4 is 29.9 Å². The fraction of sp³-hybridized carbons (Fsp3) is 0.682. The van der Waals surface area contributed by atoms with Gasteiger partial charge in [0.15, 0.2) is 5.96 Å². The molecule has 1 aromatic rings. The van der Waals surface area contributed by atoms with Crippen LogP contribution in [0.25, 0.3) is 0 Å². The topological polar surface area (TPSA) is 48.9 Å². The van der Waals surface area contributed by atoms with Gasteiger partial charge in [0.2, 0.25) is 0 Å². The minimum absolute atomic E-state index is 0. The molecule has 0 aliphatic carbocycles. The molecule has 0 radical (unpaired) electrons. The number of nitrogens with one attached hydrogen (secondary N) is 2. The Morgan fingerprint density at radius 1 is 1.21 bits per heavy atom. The Labute approximate surface area is 188 Å². The SMILES string of the molecule is CCNC(=NCCCCOCC)NC1CCN(Cc2ccccc2)C(C)C1.I. The van der Waals surface area contributed by atoms with E-state index in [1.165, 1.54) is 5.56 Å². The second kappa shape index (κ2) is 15.0. The Morgan fingerprint density at radius 2 is 2.00 bits per heavy atom. The molecular weight excluding hydrogens is 463 g/mol. The first-order valence-electron chi connectivity index (χ1n) is 10.6. The van der Waals surface area contributed by atoms with Crippen LogP contribution in [-0.2, 0) is 11.3 Å². The van der Waals surface area contributed by atoms with Gasteiger partial charge in [-0.05, 0) is 52.0 Å². The van der Waals surface area contributed by atoms with Crippen LogP contribution in [0.4, 0.5) is 0 Å². The Hall–Kier alpha value is -0.860. The minimum Gasteiger partial charge on any atom is -0.382 e. The number of piperidine rings is 1. The lowest BCUT2D eigenvalue weighted by Gasteiger charge is -2.38. The number of aliphatic imine (C=N–C) groups is 1. The van der Waals surface area contributed by atoms with Gasteiger partial charge in [-0.15, -0.1) is 24.0 Å². The monoisotopic (exact) mass is 502 g/mol. The first kappa shape index (κ1) is 25.2. The molecule has 1 aromatic carbocycles. The Morgan fingerprint density at radius 3 is 2.68 bits per heavy atom. The van der Waals surface area contributed by atoms with E-state index < -0.39 is 0 Å². The number of unbranched alkanes of at least 4 members (excludes halogenated alkanes) is 1. The van der Waals surface area contributed by atoms with Crippen molar-refractivity contribution in [3.05, 3.63) is 35.9 Å². The lowest BCUT2D eigenvalue weighted by Crippen LogP contribution is -2.51. The molecule has 1 aliphatic rings. The molecule has 5 nitrogen and oxygen atoms in total. The molecule has 2 unspecified atom stereocenters. The number of hydrogen-bond acceptors (Lipinski definition) is 3. The van der Waals surface area contributed by atoms with Crippen LogP contribution in [0.2, 0.25) is 0 Å². The van der Waals surface area contributed by atoms with Gasteiger partial charge < -0.3 is 15.4 Å². The van der Waals surface area contributed by atoms with E-state index in [1.807, 2.05) is 6.92 Å². The third-order valence-corrected chi connectivity index (χ3v) is 5.10. The minimum atomic E-state index is 0. The molecule has 160 valence electrons. The highest BCUT2D eigenvalue weighted by Crippen LogP contribution is 2.19. The summed E-state index contributed by atoms with van der Waals surface area (Å²) < 4.78 is 5.39. The summed E-state index contributed by atoms with van der Waals surface area (Å²) in [6.07, 6.45) is 4.46. The van der Waals surface area contributed by atoms with Crippen molar-refractivity contribution in [3.63, 3.8) is 0 Å². The lowest BCUT2D eigenvalue weighted by molar-refractivity contribution is 0.134. The summed E-state index contributed by atoms with van der Waals surface area (Å²) in [6, 6.07) is 11.8. The molecule has 1 saturated heterocycles. The summed E-state index contributed by atoms with van der Waals surface area (Å²) in [5.74, 6) is 0.961. The van der Waals surface area contributed by atoms with E-state index in [9.17, 15) is 0 Å². The molecule has 0 saturated carbocycles. The Balaban J connectivity index is 0.00000392. The molecule has 2 rings (SSSR count). The van der Waals surface area contributed by atoms with E-state index >= 15 is 0 Å². The highest BCUT2D eigenvalue weighted by Gasteiger charge is 2.25. The van der Waals surface area contributed by atoms with Crippen molar-refractivity contribution in [3.8, 4) is 0 Å². The van der Waals surface area contributed by atoms with E-state index in [4.69, 9.17) is 9.73 Å². The van der Waals surface area contributed by atoms with E-state index in [0.717, 1.165) is 71.0 Å². The van der Waals surface area contributed by atoms with Crippen LogP contribution in [0.5, 0.6) is 0 Å². The Kier molecular flexibility index (Phi) is 13.5. The lowest BCUT2D eigenvalue weighted by atomic mass is 9.97. The quantitative estimate of drug-likeness (QED) is 0.220. The van der Waals surface area contributed by atoms with Gasteiger partial charge in [-0.2, -0.15) is 0 Å². The van der Waals surface area contributed by atoms with Crippen molar-refractivity contribution in [1.29, 1.82) is 0 Å². The molecule has 0 aromatic heterocycles. The van der Waals surface area contributed by atoms with Gasteiger partial charge in [0.05, 0.1) is 0 Å². The molecular formula is C22H39IN4O. The largest absolute Gasteiger partial charge is 0.382 e. The highest BCUT2D eigenvalue weighted by atomic mass is 127. The summed E-state index contributed by atoms with van der Waals surface area (Å²) in [7, 11) is 0. The molecule has 1 heterocycles. The third kappa shape index (κ3) is 9.56. The van der Waals surface area contributed by atoms with Crippen LogP contribution in [0.1, 0.15) is 52.0 Å². The van der Waals surface area contributed by atoms with Gasteiger partial charge in [0.25, 0.3) is 0 Å². The van der Waals surface area contributed by atoms with E-state index in [-0.39, 0.29) is 24.0 Å². The second-order valence-corrected chi connectivity index (χ2v) is 7.34. The molecule has 2 N–H and O–H groups in total. The maximum atomic E-state index is 5.39. The predicted octanol–water partition coefficient (Wildman–Crippen LogP) is 4.03. The van der Waals surface area contributed by atoms with Crippen molar-refractivity contribution in [2.45, 2.75) is 65.1 Å². The molecule has 0 bridgehead atoms. The highest BCUT2D eigenvalue weighted by molar-refractivity contribution is 14.0. The number of nitrogens with zero attached hydrogens (tertiary/aromatic N) is 2. The summed E-state index contributed by atoms with van der Waals surface area (Å²) in [6.45, 7) is 12.1. The number of halogens is 1. The molecule has 1 aliphatic heterocycles. The molecule has 0 spiro atoms. The van der Waals surface area contributed by atoms with Gasteiger partial charge in [0, 0.05) is 51.5 Å².